The number of sulfonamides is 1. The van der Waals surface area contributed by atoms with Gasteiger partial charge < -0.3 is 14.6 Å². The normalized spacial score (nSPS) is 15.1. The Bertz CT molecular complexity index is 1490. The summed E-state index contributed by atoms with van der Waals surface area (Å²) in [6.45, 7) is 4.93. The molecule has 0 bridgehead atoms. The Kier molecular flexibility index (Phi) is 8.85. The second kappa shape index (κ2) is 12.1. The number of nitrogens with one attached hydrogen (secondary N) is 1. The van der Waals surface area contributed by atoms with E-state index in [1.54, 1.807) is 13.1 Å². The zero-order valence-corrected chi connectivity index (χ0v) is 23.2. The summed E-state index contributed by atoms with van der Waals surface area (Å²) in [6, 6.07) is 4.60. The second-order valence-corrected chi connectivity index (χ2v) is 11.5. The lowest BCUT2D eigenvalue weighted by molar-refractivity contribution is -0.757. The van der Waals surface area contributed by atoms with Gasteiger partial charge in [0.2, 0.25) is 10.0 Å². The fourth-order valence-electron chi connectivity index (χ4n) is 5.01. The van der Waals surface area contributed by atoms with Gasteiger partial charge >= 0.3 is 0 Å². The molecule has 3 aromatic rings. The lowest BCUT2D eigenvalue weighted by atomic mass is 9.93. The Hall–Kier alpha value is -3.52. The van der Waals surface area contributed by atoms with E-state index in [9.17, 15) is 23.3 Å². The highest BCUT2D eigenvalue weighted by atomic mass is 32.2. The minimum atomic E-state index is -3.82. The van der Waals surface area contributed by atoms with Crippen molar-refractivity contribution >= 4 is 21.1 Å². The molecule has 1 N–H and O–H groups in total. The number of ether oxygens (including phenoxy) is 1. The average molecular weight is 563 g/mol. The summed E-state index contributed by atoms with van der Waals surface area (Å²) in [5, 5.41) is 14.0. The molecular formula is C25H34N6O7S. The number of benzene rings is 1. The minimum absolute atomic E-state index is 0.0430. The zero-order chi connectivity index (χ0) is 28.2. The third kappa shape index (κ3) is 6.22. The molecule has 14 heteroatoms. The Labute approximate surface area is 226 Å². The Balaban J connectivity index is 1.61. The monoisotopic (exact) mass is 562 g/mol. The van der Waals surface area contributed by atoms with Gasteiger partial charge in [0.25, 0.3) is 10.6 Å². The maximum absolute atomic E-state index is 13.6. The van der Waals surface area contributed by atoms with Crippen molar-refractivity contribution < 1.29 is 23.1 Å². The second-order valence-electron chi connectivity index (χ2n) is 9.57. The van der Waals surface area contributed by atoms with E-state index < -0.39 is 15.1 Å². The van der Waals surface area contributed by atoms with Crippen molar-refractivity contribution in [1.82, 2.24) is 24.1 Å². The highest BCUT2D eigenvalue weighted by Crippen LogP contribution is 2.33. The van der Waals surface area contributed by atoms with Crippen LogP contribution in [0.15, 0.2) is 27.9 Å². The van der Waals surface area contributed by atoms with E-state index in [0.29, 0.717) is 73.4 Å². The molecule has 0 radical (unpaired) electrons. The van der Waals surface area contributed by atoms with E-state index in [4.69, 9.17) is 9.72 Å². The average Bonchev–Trinajstić information content (AvgIpc) is 3.22. The molecule has 1 fully saturated rings. The van der Waals surface area contributed by atoms with E-state index in [0.717, 1.165) is 12.8 Å². The van der Waals surface area contributed by atoms with Gasteiger partial charge in [-0.1, -0.05) is 13.3 Å². The molecule has 212 valence electrons. The van der Waals surface area contributed by atoms with Crippen LogP contribution >= 0.6 is 0 Å². The predicted octanol–water partition coefficient (Wildman–Crippen LogP) is 3.06. The fraction of sp³-hybridized carbons (Fsp3) is 0.560. The van der Waals surface area contributed by atoms with Crippen molar-refractivity contribution in [1.29, 1.82) is 0 Å². The molecule has 39 heavy (non-hydrogen) atoms. The van der Waals surface area contributed by atoms with Gasteiger partial charge in [0.15, 0.2) is 5.52 Å². The summed E-state index contributed by atoms with van der Waals surface area (Å²) in [6.07, 6.45) is 4.09. The summed E-state index contributed by atoms with van der Waals surface area (Å²) >= 11 is 0. The Morgan fingerprint density at radius 3 is 2.64 bits per heavy atom. The zero-order valence-electron chi connectivity index (χ0n) is 22.4. The van der Waals surface area contributed by atoms with Crippen LogP contribution in [-0.4, -0.2) is 63.9 Å². The largest absolute Gasteiger partial charge is 0.493 e. The van der Waals surface area contributed by atoms with Crippen LogP contribution in [0.1, 0.15) is 51.6 Å². The maximum atomic E-state index is 13.6. The van der Waals surface area contributed by atoms with E-state index in [2.05, 4.69) is 14.9 Å². The fourth-order valence-corrected chi connectivity index (χ4v) is 6.51. The number of rotatable bonds is 12. The van der Waals surface area contributed by atoms with Crippen molar-refractivity contribution in [3.63, 3.8) is 0 Å². The SMILES string of the molecule is CCCc1nn(C)c2c(=O)[nH]c(-c3cc(S(=O)(=O)N4CCC(CCCO[N+](=O)[O-])CC4)ccc3OCC)nc12. The number of aryl methyl sites for hydroxylation is 2. The highest BCUT2D eigenvalue weighted by molar-refractivity contribution is 7.89. The highest BCUT2D eigenvalue weighted by Gasteiger charge is 2.30. The molecule has 0 amide bonds. The summed E-state index contributed by atoms with van der Waals surface area (Å²) in [5.41, 5.74) is 1.56. The first-order valence-electron chi connectivity index (χ1n) is 13.2. The first-order chi connectivity index (χ1) is 18.6. The summed E-state index contributed by atoms with van der Waals surface area (Å²) in [7, 11) is -2.13. The smallest absolute Gasteiger partial charge is 0.294 e. The van der Waals surface area contributed by atoms with Gasteiger partial charge in [-0.3, -0.25) is 9.48 Å². The van der Waals surface area contributed by atoms with Crippen molar-refractivity contribution in [3.05, 3.63) is 44.4 Å². The Morgan fingerprint density at radius 2 is 1.97 bits per heavy atom. The van der Waals surface area contributed by atoms with Gasteiger partial charge in [0.05, 0.1) is 29.4 Å². The Morgan fingerprint density at radius 1 is 1.23 bits per heavy atom. The van der Waals surface area contributed by atoms with Crippen LogP contribution in [0.5, 0.6) is 5.75 Å². The summed E-state index contributed by atoms with van der Waals surface area (Å²) in [4.78, 5) is 35.2. The third-order valence-corrected chi connectivity index (χ3v) is 8.81. The molecule has 13 nitrogen and oxygen atoms in total. The van der Waals surface area contributed by atoms with E-state index in [1.165, 1.54) is 21.1 Å². The van der Waals surface area contributed by atoms with Crippen LogP contribution < -0.4 is 10.3 Å². The van der Waals surface area contributed by atoms with Crippen LogP contribution in [0.2, 0.25) is 0 Å². The molecule has 3 heterocycles. The predicted molar refractivity (Wildman–Crippen MR) is 143 cm³/mol. The van der Waals surface area contributed by atoms with Crippen LogP contribution in [0.25, 0.3) is 22.4 Å². The van der Waals surface area contributed by atoms with E-state index in [-0.39, 0.29) is 28.8 Å². The van der Waals surface area contributed by atoms with Crippen LogP contribution in [0.4, 0.5) is 0 Å². The summed E-state index contributed by atoms with van der Waals surface area (Å²) in [5.74, 6) is 0.907. The number of fused-ring (bicyclic) bond motifs is 1. The van der Waals surface area contributed by atoms with E-state index >= 15 is 0 Å². The lowest BCUT2D eigenvalue weighted by Crippen LogP contribution is -2.38. The quantitative estimate of drug-likeness (QED) is 0.198. The molecule has 1 aliphatic heterocycles. The van der Waals surface area contributed by atoms with E-state index in [1.807, 2.05) is 13.8 Å². The van der Waals surface area contributed by atoms with Crippen molar-refractivity contribution in [2.24, 2.45) is 13.0 Å². The molecule has 4 rings (SSSR count). The molecule has 0 atom stereocenters. The van der Waals surface area contributed by atoms with Gasteiger partial charge in [0, 0.05) is 20.1 Å². The van der Waals surface area contributed by atoms with Crippen molar-refractivity contribution in [2.45, 2.75) is 57.3 Å². The molecule has 1 aromatic carbocycles. The standard InChI is InChI=1S/C25H34N6O7S/c1-4-7-20-22-23(29(3)28-20)25(32)27-24(26-22)19-16-18(9-10-21(19)37-5-2)39(35,36)30-13-11-17(12-14-30)8-6-15-38-31(33)34/h9-10,16-17H,4-8,11-15H2,1-3H3,(H,26,27,32). The topological polar surface area (TPSA) is 163 Å². The number of H-pyrrole nitrogens is 1. The van der Waals surface area contributed by atoms with Crippen molar-refractivity contribution in [3.8, 4) is 17.1 Å². The van der Waals surface area contributed by atoms with Gasteiger partial charge in [-0.25, -0.2) is 13.4 Å². The number of hydrogen-bond acceptors (Lipinski definition) is 9. The number of aromatic nitrogens is 4. The first kappa shape index (κ1) is 28.5. The van der Waals surface area contributed by atoms with Gasteiger partial charge in [-0.05, 0) is 63.1 Å². The van der Waals surface area contributed by atoms with Gasteiger partial charge in [-0.15, -0.1) is 10.1 Å². The molecule has 0 aliphatic carbocycles. The molecule has 2 aromatic heterocycles. The molecule has 0 saturated carbocycles. The molecular weight excluding hydrogens is 528 g/mol. The molecule has 1 saturated heterocycles. The van der Waals surface area contributed by atoms with Crippen molar-refractivity contribution in [2.75, 3.05) is 26.3 Å². The van der Waals surface area contributed by atoms with Gasteiger partial charge in [0.1, 0.15) is 17.1 Å². The third-order valence-electron chi connectivity index (χ3n) is 6.92. The lowest BCUT2D eigenvalue weighted by Gasteiger charge is -2.31. The molecule has 0 unspecified atom stereocenters. The maximum Gasteiger partial charge on any atom is 0.294 e. The van der Waals surface area contributed by atoms with Crippen LogP contribution in [-0.2, 0) is 28.3 Å². The number of piperidine rings is 1. The summed E-state index contributed by atoms with van der Waals surface area (Å²) < 4.78 is 35.9. The van der Waals surface area contributed by atoms with Crippen LogP contribution in [0.3, 0.4) is 0 Å². The van der Waals surface area contributed by atoms with Gasteiger partial charge in [-0.2, -0.15) is 9.40 Å². The molecule has 1 aliphatic rings. The van der Waals surface area contributed by atoms with Crippen LogP contribution in [0, 0.1) is 16.0 Å². The molecule has 0 spiro atoms. The minimum Gasteiger partial charge on any atom is -0.493 e. The number of nitrogens with zero attached hydrogens (tertiary/aromatic N) is 5. The number of aromatic amines is 1. The first-order valence-corrected chi connectivity index (χ1v) is 14.6. The number of hydrogen-bond donors (Lipinski definition) is 1.